The molecule has 0 bridgehead atoms. The van der Waals surface area contributed by atoms with Crippen molar-refractivity contribution in [1.29, 1.82) is 0 Å². The fourth-order valence-electron chi connectivity index (χ4n) is 2.16. The molecule has 4 heteroatoms. The molecule has 0 saturated heterocycles. The summed E-state index contributed by atoms with van der Waals surface area (Å²) in [6.07, 6.45) is 0. The first-order chi connectivity index (χ1) is 9.56. The number of aryl methyl sites for hydroxylation is 2. The van der Waals surface area contributed by atoms with Crippen molar-refractivity contribution in [2.75, 3.05) is 11.9 Å². The first kappa shape index (κ1) is 14.8. The second-order valence-corrected chi connectivity index (χ2v) is 6.35. The average Bonchev–Trinajstić information content (AvgIpc) is 2.76. The average molecular weight is 288 g/mol. The van der Waals surface area contributed by atoms with Gasteiger partial charge in [-0.2, -0.15) is 0 Å². The van der Waals surface area contributed by atoms with Gasteiger partial charge >= 0.3 is 0 Å². The molecule has 0 aliphatic heterocycles. The summed E-state index contributed by atoms with van der Waals surface area (Å²) < 4.78 is 0. The normalized spacial score (nSPS) is 12.2. The molecule has 1 unspecified atom stereocenters. The molecule has 1 aromatic heterocycles. The predicted octanol–water partition coefficient (Wildman–Crippen LogP) is 3.65. The fraction of sp³-hybridized carbons (Fsp3) is 0.312. The van der Waals surface area contributed by atoms with E-state index in [1.165, 1.54) is 15.3 Å². The van der Waals surface area contributed by atoms with Gasteiger partial charge in [-0.05, 0) is 44.5 Å². The molecule has 1 heterocycles. The zero-order valence-corrected chi connectivity index (χ0v) is 12.9. The van der Waals surface area contributed by atoms with Gasteiger partial charge in [-0.1, -0.05) is 18.2 Å². The number of anilines is 1. The number of carbonyl (C=O) groups excluding carboxylic acids is 1. The summed E-state index contributed by atoms with van der Waals surface area (Å²) in [4.78, 5) is 14.5. The first-order valence-electron chi connectivity index (χ1n) is 6.71. The number of amides is 1. The van der Waals surface area contributed by atoms with E-state index < -0.39 is 0 Å². The summed E-state index contributed by atoms with van der Waals surface area (Å²) in [5, 5.41) is 6.14. The van der Waals surface area contributed by atoms with E-state index in [9.17, 15) is 4.79 Å². The highest BCUT2D eigenvalue weighted by Gasteiger charge is 2.12. The molecule has 2 rings (SSSR count). The minimum absolute atomic E-state index is 0.0207. The van der Waals surface area contributed by atoms with Crippen molar-refractivity contribution in [2.45, 2.75) is 26.8 Å². The van der Waals surface area contributed by atoms with Crippen LogP contribution in [-0.4, -0.2) is 12.5 Å². The lowest BCUT2D eigenvalue weighted by Gasteiger charge is -2.13. The van der Waals surface area contributed by atoms with Gasteiger partial charge in [0.05, 0.1) is 6.54 Å². The van der Waals surface area contributed by atoms with Crippen LogP contribution in [0.3, 0.4) is 0 Å². The number of hydrogen-bond donors (Lipinski definition) is 2. The SMILES string of the molecule is Cc1cc(C(C)NCC(=O)Nc2ccccc2)c(C)s1. The largest absolute Gasteiger partial charge is 0.325 e. The molecule has 0 spiro atoms. The Bertz CT molecular complexity index is 577. The number of thiophene rings is 1. The number of benzene rings is 1. The molecule has 20 heavy (non-hydrogen) atoms. The molecule has 1 amide bonds. The molecule has 0 radical (unpaired) electrons. The third kappa shape index (κ3) is 3.92. The van der Waals surface area contributed by atoms with Crippen LogP contribution in [0.5, 0.6) is 0 Å². The quantitative estimate of drug-likeness (QED) is 0.881. The lowest BCUT2D eigenvalue weighted by molar-refractivity contribution is -0.115. The van der Waals surface area contributed by atoms with Crippen molar-refractivity contribution in [1.82, 2.24) is 5.32 Å². The van der Waals surface area contributed by atoms with E-state index in [-0.39, 0.29) is 11.9 Å². The summed E-state index contributed by atoms with van der Waals surface area (Å²) in [7, 11) is 0. The zero-order valence-electron chi connectivity index (χ0n) is 12.1. The Morgan fingerprint density at radius 2 is 1.95 bits per heavy atom. The highest BCUT2D eigenvalue weighted by atomic mass is 32.1. The van der Waals surface area contributed by atoms with Crippen LogP contribution in [0.1, 0.15) is 28.3 Å². The van der Waals surface area contributed by atoms with Gasteiger partial charge < -0.3 is 10.6 Å². The lowest BCUT2D eigenvalue weighted by Crippen LogP contribution is -2.30. The molecular weight excluding hydrogens is 268 g/mol. The highest BCUT2D eigenvalue weighted by Crippen LogP contribution is 2.25. The van der Waals surface area contributed by atoms with Crippen LogP contribution in [0.2, 0.25) is 0 Å². The second kappa shape index (κ2) is 6.68. The van der Waals surface area contributed by atoms with Gasteiger partial charge in [0, 0.05) is 21.5 Å². The van der Waals surface area contributed by atoms with Gasteiger partial charge in [0.15, 0.2) is 0 Å². The van der Waals surface area contributed by atoms with E-state index in [2.05, 4.69) is 37.5 Å². The molecule has 0 aliphatic rings. The van der Waals surface area contributed by atoms with Crippen molar-refractivity contribution in [3.8, 4) is 0 Å². The molecule has 1 aromatic carbocycles. The Morgan fingerprint density at radius 3 is 2.55 bits per heavy atom. The van der Waals surface area contributed by atoms with Crippen LogP contribution in [0.4, 0.5) is 5.69 Å². The summed E-state index contributed by atoms with van der Waals surface area (Å²) >= 11 is 1.79. The van der Waals surface area contributed by atoms with Crippen molar-refractivity contribution >= 4 is 22.9 Å². The van der Waals surface area contributed by atoms with Crippen molar-refractivity contribution < 1.29 is 4.79 Å². The summed E-state index contributed by atoms with van der Waals surface area (Å²) in [5.41, 5.74) is 2.11. The first-order valence-corrected chi connectivity index (χ1v) is 7.53. The molecule has 0 fully saturated rings. The van der Waals surface area contributed by atoms with Gasteiger partial charge in [0.2, 0.25) is 5.91 Å². The van der Waals surface area contributed by atoms with Gasteiger partial charge in [-0.3, -0.25) is 4.79 Å². The Hall–Kier alpha value is -1.65. The Kier molecular flexibility index (Phi) is 4.93. The number of nitrogens with one attached hydrogen (secondary N) is 2. The molecule has 3 nitrogen and oxygen atoms in total. The van der Waals surface area contributed by atoms with Crippen LogP contribution in [0.25, 0.3) is 0 Å². The molecule has 2 N–H and O–H groups in total. The fourth-order valence-corrected chi connectivity index (χ4v) is 3.19. The smallest absolute Gasteiger partial charge is 0.238 e. The van der Waals surface area contributed by atoms with Crippen molar-refractivity contribution in [3.63, 3.8) is 0 Å². The Morgan fingerprint density at radius 1 is 1.25 bits per heavy atom. The summed E-state index contributed by atoms with van der Waals surface area (Å²) in [5.74, 6) is -0.0207. The van der Waals surface area contributed by atoms with Crippen molar-refractivity contribution in [3.05, 3.63) is 51.7 Å². The molecule has 0 aliphatic carbocycles. The van der Waals surface area contributed by atoms with E-state index in [1.54, 1.807) is 11.3 Å². The van der Waals surface area contributed by atoms with Crippen LogP contribution < -0.4 is 10.6 Å². The van der Waals surface area contributed by atoms with Gasteiger partial charge in [0.1, 0.15) is 0 Å². The van der Waals surface area contributed by atoms with Crippen LogP contribution in [0, 0.1) is 13.8 Å². The Balaban J connectivity index is 1.86. The minimum atomic E-state index is -0.0207. The number of carbonyl (C=O) groups is 1. The summed E-state index contributed by atoms with van der Waals surface area (Å²) in [6.45, 7) is 6.62. The topological polar surface area (TPSA) is 41.1 Å². The number of hydrogen-bond acceptors (Lipinski definition) is 3. The third-order valence-corrected chi connectivity index (χ3v) is 4.15. The maximum absolute atomic E-state index is 11.9. The molecule has 2 aromatic rings. The Labute approximate surface area is 124 Å². The lowest BCUT2D eigenvalue weighted by atomic mass is 10.1. The molecular formula is C16H20N2OS. The molecule has 1 atom stereocenters. The van der Waals surface area contributed by atoms with E-state index >= 15 is 0 Å². The standard InChI is InChI=1S/C16H20N2OS/c1-11-9-15(13(3)20-11)12(2)17-10-16(19)18-14-7-5-4-6-8-14/h4-9,12,17H,10H2,1-3H3,(H,18,19). The van der Waals surface area contributed by atoms with Crippen molar-refractivity contribution in [2.24, 2.45) is 0 Å². The summed E-state index contributed by atoms with van der Waals surface area (Å²) in [6, 6.07) is 11.9. The predicted molar refractivity (Wildman–Crippen MR) is 85.3 cm³/mol. The zero-order chi connectivity index (χ0) is 14.5. The van der Waals surface area contributed by atoms with E-state index in [0.717, 1.165) is 5.69 Å². The second-order valence-electron chi connectivity index (χ2n) is 4.89. The van der Waals surface area contributed by atoms with Crippen LogP contribution in [0.15, 0.2) is 36.4 Å². The van der Waals surface area contributed by atoms with Gasteiger partial charge in [-0.25, -0.2) is 0 Å². The minimum Gasteiger partial charge on any atom is -0.325 e. The maximum Gasteiger partial charge on any atom is 0.238 e. The van der Waals surface area contributed by atoms with E-state index in [0.29, 0.717) is 6.54 Å². The maximum atomic E-state index is 11.9. The van der Waals surface area contributed by atoms with E-state index in [1.807, 2.05) is 30.3 Å². The van der Waals surface area contributed by atoms with Crippen LogP contribution in [-0.2, 0) is 4.79 Å². The van der Waals surface area contributed by atoms with Crippen LogP contribution >= 0.6 is 11.3 Å². The van der Waals surface area contributed by atoms with Gasteiger partial charge in [0.25, 0.3) is 0 Å². The molecule has 106 valence electrons. The third-order valence-electron chi connectivity index (χ3n) is 3.17. The van der Waals surface area contributed by atoms with E-state index in [4.69, 9.17) is 0 Å². The number of rotatable bonds is 5. The highest BCUT2D eigenvalue weighted by molar-refractivity contribution is 7.12. The monoisotopic (exact) mass is 288 g/mol. The van der Waals surface area contributed by atoms with Gasteiger partial charge in [-0.15, -0.1) is 11.3 Å². The number of para-hydroxylation sites is 1. The molecule has 0 saturated carbocycles.